The number of anilines is 2. The van der Waals surface area contributed by atoms with Gasteiger partial charge in [0.05, 0.1) is 22.1 Å². The maximum Gasteiger partial charge on any atom is 0.343 e. The fraction of sp³-hybridized carbons (Fsp3) is 0.301. The molecule has 16 rings (SSSR count). The first-order valence-corrected chi connectivity index (χ1v) is 34.1. The van der Waals surface area contributed by atoms with Crippen LogP contribution in [-0.2, 0) is 38.9 Å². The number of furan rings is 1. The molecule has 0 saturated heterocycles. The van der Waals surface area contributed by atoms with Gasteiger partial charge in [-0.1, -0.05) is 214 Å². The molecule has 4 aromatic heterocycles. The molecule has 0 spiro atoms. The molecule has 13 aromatic rings. The zero-order valence-corrected chi connectivity index (χ0v) is 56.5. The minimum absolute atomic E-state index is 0.00421. The SMILES string of the molecule is CC(C)(C)c1ccc(/C=C(/Cc2ccc3c(c2)sc2cc4c(cc23)-c2c3c5c(c6cc7c(cc6n5-c5c(sc6ccc(C(C)(C)C)cc56)B3N4c3ccc(C(C)(C)C)cc3)C(C)(C)CCC7(C)C)c3oc4ccccc4c23)c2ccc(C(C)(C)C)cc2)cc1. The number of fused-ring (bicyclic) bond motifs is 19. The Bertz CT molecular complexity index is 5180. The Kier molecular flexibility index (Phi) is 12.1. The Hall–Kier alpha value is -7.64. The van der Waals surface area contributed by atoms with Gasteiger partial charge in [0, 0.05) is 68.1 Å². The maximum absolute atomic E-state index is 7.51. The van der Waals surface area contributed by atoms with E-state index in [4.69, 9.17) is 4.42 Å². The molecular formula is C83H81BN2OS2. The second-order valence-electron chi connectivity index (χ2n) is 32.0. The molecule has 0 bridgehead atoms. The standard InChI is InChI=1S/C83H81BN2OS2/c1-78(2,3)51-26-21-47(22-27-51)39-50(49-24-28-52(29-25-49)79(4,5)6)40-48-23-35-56-58-43-59-65(46-69(58)88-68(56)41-48)86(55-33-30-53(31-34-55)80(7,8)9)84-73-70(59)71-57-19-17-18-20-66(57)87-76(71)72-60-44-62-63(83(15,16)38-37-82(62,13)14)45-64(60)85(75(72)73)74-61-42-54(81(10,11)12)32-36-67(61)89-77(74)84/h17-36,39,41-46H,37-38,40H2,1-16H3/b50-39-. The average Bonchev–Trinajstić information content (AvgIpc) is 1.53. The highest BCUT2D eigenvalue weighted by atomic mass is 32.1. The monoisotopic (exact) mass is 1200 g/mol. The van der Waals surface area contributed by atoms with Crippen LogP contribution in [0.25, 0.3) is 102 Å². The number of allylic oxidation sites excluding steroid dienone is 1. The van der Waals surface area contributed by atoms with E-state index in [1.165, 1.54) is 157 Å². The maximum atomic E-state index is 7.51. The van der Waals surface area contributed by atoms with Crippen LogP contribution in [-0.4, -0.2) is 11.4 Å². The minimum atomic E-state index is -0.144. The molecule has 2 aliphatic heterocycles. The lowest BCUT2D eigenvalue weighted by Gasteiger charge is -2.42. The van der Waals surface area contributed by atoms with Crippen LogP contribution in [0.4, 0.5) is 11.4 Å². The number of hydrogen-bond donors (Lipinski definition) is 0. The summed E-state index contributed by atoms with van der Waals surface area (Å²) in [6.07, 6.45) is 5.53. The number of nitrogens with zero attached hydrogens (tertiary/aromatic N) is 2. The highest BCUT2D eigenvalue weighted by Gasteiger charge is 2.49. The van der Waals surface area contributed by atoms with Crippen LogP contribution in [0.5, 0.6) is 0 Å². The van der Waals surface area contributed by atoms with Crippen LogP contribution in [0.1, 0.15) is 174 Å². The van der Waals surface area contributed by atoms with Gasteiger partial charge in [0.2, 0.25) is 0 Å². The fourth-order valence-corrected chi connectivity index (χ4v) is 18.0. The second-order valence-corrected chi connectivity index (χ2v) is 34.2. The van der Waals surface area contributed by atoms with Crippen LogP contribution < -0.4 is 15.1 Å². The van der Waals surface area contributed by atoms with Crippen molar-refractivity contribution < 1.29 is 4.42 Å². The summed E-state index contributed by atoms with van der Waals surface area (Å²) in [4.78, 5) is 2.76. The van der Waals surface area contributed by atoms with E-state index in [0.717, 1.165) is 30.4 Å². The molecule has 3 aliphatic rings. The first kappa shape index (κ1) is 56.6. The number of benzene rings is 9. The molecule has 0 saturated carbocycles. The smallest absolute Gasteiger partial charge is 0.343 e. The Morgan fingerprint density at radius 1 is 0.539 bits per heavy atom. The largest absolute Gasteiger partial charge is 0.455 e. The number of para-hydroxylation sites is 1. The summed E-state index contributed by atoms with van der Waals surface area (Å²) in [5.74, 6) is 0. The van der Waals surface area contributed by atoms with Crippen molar-refractivity contribution in [2.75, 3.05) is 4.81 Å². The average molecular weight is 1200 g/mol. The van der Waals surface area contributed by atoms with Gasteiger partial charge in [-0.25, -0.2) is 0 Å². The van der Waals surface area contributed by atoms with Crippen LogP contribution in [0.2, 0.25) is 0 Å². The molecule has 0 atom stereocenters. The Labute approximate surface area is 534 Å². The number of rotatable bonds is 5. The highest BCUT2D eigenvalue weighted by Crippen LogP contribution is 2.56. The molecule has 0 amide bonds. The van der Waals surface area contributed by atoms with Crippen LogP contribution in [0, 0.1) is 0 Å². The molecule has 1 aliphatic carbocycles. The summed E-state index contributed by atoms with van der Waals surface area (Å²) < 4.78 is 15.6. The summed E-state index contributed by atoms with van der Waals surface area (Å²) in [6.45, 7) is 37.6. The number of thiophene rings is 2. The summed E-state index contributed by atoms with van der Waals surface area (Å²) in [5.41, 5.74) is 25.7. The quantitative estimate of drug-likeness (QED) is 0.127. The molecule has 9 aromatic carbocycles. The third-order valence-electron chi connectivity index (χ3n) is 20.9. The van der Waals surface area contributed by atoms with E-state index in [1.807, 2.05) is 22.7 Å². The van der Waals surface area contributed by atoms with Gasteiger partial charge >= 0.3 is 6.85 Å². The molecule has 3 nitrogen and oxygen atoms in total. The minimum Gasteiger partial charge on any atom is -0.455 e. The lowest BCUT2D eigenvalue weighted by atomic mass is 9.47. The van der Waals surface area contributed by atoms with Gasteiger partial charge < -0.3 is 13.8 Å². The topological polar surface area (TPSA) is 21.3 Å². The van der Waals surface area contributed by atoms with E-state index in [2.05, 4.69) is 284 Å². The summed E-state index contributed by atoms with van der Waals surface area (Å²) in [6, 6.07) is 62.2. The highest BCUT2D eigenvalue weighted by molar-refractivity contribution is 7.32. The van der Waals surface area contributed by atoms with Gasteiger partial charge in [-0.15, -0.1) is 22.7 Å². The van der Waals surface area contributed by atoms with Crippen molar-refractivity contribution in [1.29, 1.82) is 0 Å². The van der Waals surface area contributed by atoms with E-state index in [0.29, 0.717) is 0 Å². The van der Waals surface area contributed by atoms with Gasteiger partial charge in [-0.05, 0) is 179 Å². The predicted octanol–water partition coefficient (Wildman–Crippen LogP) is 22.8. The zero-order chi connectivity index (χ0) is 62.0. The molecule has 6 heterocycles. The van der Waals surface area contributed by atoms with Crippen LogP contribution >= 0.6 is 22.7 Å². The van der Waals surface area contributed by atoms with Crippen molar-refractivity contribution >= 4 is 137 Å². The van der Waals surface area contributed by atoms with Crippen molar-refractivity contribution in [3.05, 3.63) is 208 Å². The Morgan fingerprint density at radius 3 is 1.81 bits per heavy atom. The summed E-state index contributed by atoms with van der Waals surface area (Å²) >= 11 is 3.94. The van der Waals surface area contributed by atoms with E-state index in [9.17, 15) is 0 Å². The van der Waals surface area contributed by atoms with Gasteiger partial charge in [-0.2, -0.15) is 0 Å². The van der Waals surface area contributed by atoms with Gasteiger partial charge in [0.1, 0.15) is 11.2 Å². The molecule has 0 N–H and O–H groups in total. The normalized spacial score (nSPS) is 15.8. The lowest BCUT2D eigenvalue weighted by molar-refractivity contribution is 0.332. The summed E-state index contributed by atoms with van der Waals surface area (Å²) in [5, 5.41) is 8.83. The van der Waals surface area contributed by atoms with E-state index in [-0.39, 0.29) is 39.3 Å². The van der Waals surface area contributed by atoms with Crippen molar-refractivity contribution in [2.24, 2.45) is 0 Å². The number of hydrogen-bond acceptors (Lipinski definition) is 4. The van der Waals surface area contributed by atoms with Crippen molar-refractivity contribution in [3.8, 4) is 16.8 Å². The molecule has 444 valence electrons. The first-order valence-electron chi connectivity index (χ1n) is 32.5. The first-order chi connectivity index (χ1) is 42.1. The number of aromatic nitrogens is 1. The van der Waals surface area contributed by atoms with Crippen molar-refractivity contribution in [1.82, 2.24) is 4.57 Å². The van der Waals surface area contributed by atoms with Crippen molar-refractivity contribution in [2.45, 2.75) is 163 Å². The van der Waals surface area contributed by atoms with Crippen LogP contribution in [0.15, 0.2) is 162 Å². The van der Waals surface area contributed by atoms with E-state index >= 15 is 0 Å². The van der Waals surface area contributed by atoms with Crippen LogP contribution in [0.3, 0.4) is 0 Å². The molecule has 0 fully saturated rings. The van der Waals surface area contributed by atoms with Gasteiger partial charge in [0.25, 0.3) is 0 Å². The third-order valence-corrected chi connectivity index (χ3v) is 23.3. The predicted molar refractivity (Wildman–Crippen MR) is 390 cm³/mol. The van der Waals surface area contributed by atoms with E-state index in [1.54, 1.807) is 0 Å². The van der Waals surface area contributed by atoms with E-state index < -0.39 is 0 Å². The fourth-order valence-electron chi connectivity index (χ4n) is 15.5. The molecule has 89 heavy (non-hydrogen) atoms. The van der Waals surface area contributed by atoms with Crippen molar-refractivity contribution in [3.63, 3.8) is 0 Å². The van der Waals surface area contributed by atoms with Gasteiger partial charge in [-0.3, -0.25) is 0 Å². The second kappa shape index (κ2) is 19.0. The molecule has 6 heteroatoms. The molecule has 0 unspecified atom stereocenters. The third kappa shape index (κ3) is 8.69. The lowest BCUT2D eigenvalue weighted by Crippen LogP contribution is -2.59. The van der Waals surface area contributed by atoms with Gasteiger partial charge in [0.15, 0.2) is 0 Å². The zero-order valence-electron chi connectivity index (χ0n) is 54.9. The Morgan fingerprint density at radius 2 is 1.15 bits per heavy atom. The molecular weight excluding hydrogens is 1120 g/mol. The summed E-state index contributed by atoms with van der Waals surface area (Å²) in [7, 11) is 0. The Balaban J connectivity index is 0.987. The molecule has 0 radical (unpaired) electrons.